The minimum atomic E-state index is 0.313. The van der Waals surface area contributed by atoms with Crippen molar-refractivity contribution in [3.8, 4) is 6.07 Å². The van der Waals surface area contributed by atoms with Gasteiger partial charge in [-0.25, -0.2) is 0 Å². The standard InChI is InChI=1S/C14H24N2/c1-2-3-12-4-6-14(7-5-12)16-9-8-13(10-15)11-16/h12-14H,2-9,11H2,1H3. The number of hydrogen-bond acceptors (Lipinski definition) is 2. The zero-order chi connectivity index (χ0) is 11.4. The monoisotopic (exact) mass is 220 g/mol. The first-order valence-corrected chi connectivity index (χ1v) is 6.97. The predicted octanol–water partition coefficient (Wildman–Crippen LogP) is 3.19. The van der Waals surface area contributed by atoms with E-state index < -0.39 is 0 Å². The van der Waals surface area contributed by atoms with Gasteiger partial charge in [-0.1, -0.05) is 19.8 Å². The Labute approximate surface area is 99.6 Å². The topological polar surface area (TPSA) is 27.0 Å². The van der Waals surface area contributed by atoms with Crippen LogP contribution in [0.2, 0.25) is 0 Å². The van der Waals surface area contributed by atoms with Crippen molar-refractivity contribution in [3.05, 3.63) is 0 Å². The van der Waals surface area contributed by atoms with E-state index in [0.717, 1.165) is 24.9 Å². The van der Waals surface area contributed by atoms with E-state index >= 15 is 0 Å². The van der Waals surface area contributed by atoms with E-state index in [9.17, 15) is 0 Å². The average Bonchev–Trinajstić information content (AvgIpc) is 2.79. The van der Waals surface area contributed by atoms with E-state index in [-0.39, 0.29) is 0 Å². The molecule has 2 nitrogen and oxygen atoms in total. The van der Waals surface area contributed by atoms with Gasteiger partial charge in [0, 0.05) is 12.6 Å². The molecule has 1 unspecified atom stereocenters. The van der Waals surface area contributed by atoms with Crippen LogP contribution in [-0.2, 0) is 0 Å². The molecule has 2 fully saturated rings. The zero-order valence-electron chi connectivity index (χ0n) is 10.5. The van der Waals surface area contributed by atoms with Gasteiger partial charge < -0.3 is 0 Å². The summed E-state index contributed by atoms with van der Waals surface area (Å²) in [6.07, 6.45) is 9.47. The Kier molecular flexibility index (Phi) is 4.23. The van der Waals surface area contributed by atoms with Crippen LogP contribution in [0.15, 0.2) is 0 Å². The van der Waals surface area contributed by atoms with Gasteiger partial charge in [0.15, 0.2) is 0 Å². The summed E-state index contributed by atoms with van der Waals surface area (Å²) in [5, 5.41) is 8.92. The van der Waals surface area contributed by atoms with Crippen LogP contribution >= 0.6 is 0 Å². The van der Waals surface area contributed by atoms with Gasteiger partial charge in [0.1, 0.15) is 0 Å². The van der Waals surface area contributed by atoms with Gasteiger partial charge in [0.05, 0.1) is 12.0 Å². The number of nitrogens with zero attached hydrogens (tertiary/aromatic N) is 2. The van der Waals surface area contributed by atoms with Crippen LogP contribution in [0.25, 0.3) is 0 Å². The van der Waals surface area contributed by atoms with Crippen LogP contribution in [0.5, 0.6) is 0 Å². The van der Waals surface area contributed by atoms with E-state index in [1.807, 2.05) is 0 Å². The van der Waals surface area contributed by atoms with Crippen molar-refractivity contribution in [2.24, 2.45) is 11.8 Å². The molecule has 1 atom stereocenters. The van der Waals surface area contributed by atoms with Gasteiger partial charge in [-0.15, -0.1) is 0 Å². The number of rotatable bonds is 3. The predicted molar refractivity (Wildman–Crippen MR) is 65.9 cm³/mol. The molecule has 2 rings (SSSR count). The third-order valence-electron chi connectivity index (χ3n) is 4.43. The molecule has 0 bridgehead atoms. The Morgan fingerprint density at radius 2 is 1.94 bits per heavy atom. The molecular formula is C14H24N2. The Morgan fingerprint density at radius 3 is 2.50 bits per heavy atom. The lowest BCUT2D eigenvalue weighted by atomic mass is 9.83. The van der Waals surface area contributed by atoms with Crippen molar-refractivity contribution in [1.29, 1.82) is 5.26 Å². The van der Waals surface area contributed by atoms with Crippen molar-refractivity contribution in [2.75, 3.05) is 13.1 Å². The second-order valence-electron chi connectivity index (χ2n) is 5.57. The molecule has 16 heavy (non-hydrogen) atoms. The first-order chi connectivity index (χ1) is 7.83. The van der Waals surface area contributed by atoms with Crippen LogP contribution in [0.1, 0.15) is 51.9 Å². The fourth-order valence-corrected chi connectivity index (χ4v) is 3.43. The van der Waals surface area contributed by atoms with Crippen molar-refractivity contribution in [2.45, 2.75) is 57.9 Å². The summed E-state index contributed by atoms with van der Waals surface area (Å²) >= 11 is 0. The highest BCUT2D eigenvalue weighted by atomic mass is 15.2. The first kappa shape index (κ1) is 11.9. The smallest absolute Gasteiger partial charge is 0.0669 e. The summed E-state index contributed by atoms with van der Waals surface area (Å²) < 4.78 is 0. The molecule has 1 heterocycles. The number of nitriles is 1. The summed E-state index contributed by atoms with van der Waals surface area (Å²) in [6, 6.07) is 3.22. The summed E-state index contributed by atoms with van der Waals surface area (Å²) in [5.41, 5.74) is 0. The molecule has 1 saturated carbocycles. The first-order valence-electron chi connectivity index (χ1n) is 6.97. The zero-order valence-corrected chi connectivity index (χ0v) is 10.5. The molecule has 1 saturated heterocycles. The number of hydrogen-bond donors (Lipinski definition) is 0. The van der Waals surface area contributed by atoms with Gasteiger partial charge in [-0.3, -0.25) is 4.90 Å². The van der Waals surface area contributed by atoms with Crippen molar-refractivity contribution >= 4 is 0 Å². The SMILES string of the molecule is CCCC1CCC(N2CCC(C#N)C2)CC1. The van der Waals surface area contributed by atoms with Gasteiger partial charge in [0.2, 0.25) is 0 Å². The van der Waals surface area contributed by atoms with E-state index in [2.05, 4.69) is 17.9 Å². The highest BCUT2D eigenvalue weighted by Crippen LogP contribution is 2.32. The molecule has 2 heteroatoms. The largest absolute Gasteiger partial charge is 0.299 e. The minimum absolute atomic E-state index is 0.313. The minimum Gasteiger partial charge on any atom is -0.299 e. The lowest BCUT2D eigenvalue weighted by Crippen LogP contribution is -2.36. The highest BCUT2D eigenvalue weighted by Gasteiger charge is 2.30. The summed E-state index contributed by atoms with van der Waals surface area (Å²) in [5.74, 6) is 1.31. The molecular weight excluding hydrogens is 196 g/mol. The lowest BCUT2D eigenvalue weighted by Gasteiger charge is -2.34. The lowest BCUT2D eigenvalue weighted by molar-refractivity contribution is 0.158. The third kappa shape index (κ3) is 2.77. The quantitative estimate of drug-likeness (QED) is 0.730. The molecule has 0 amide bonds. The maximum atomic E-state index is 8.92. The molecule has 0 radical (unpaired) electrons. The third-order valence-corrected chi connectivity index (χ3v) is 4.43. The van der Waals surface area contributed by atoms with E-state index in [1.54, 1.807) is 0 Å². The summed E-state index contributed by atoms with van der Waals surface area (Å²) in [6.45, 7) is 4.50. The second-order valence-corrected chi connectivity index (χ2v) is 5.57. The average molecular weight is 220 g/mol. The Balaban J connectivity index is 1.75. The van der Waals surface area contributed by atoms with Crippen LogP contribution in [0.4, 0.5) is 0 Å². The van der Waals surface area contributed by atoms with E-state index in [1.165, 1.54) is 45.1 Å². The molecule has 1 aliphatic heterocycles. The molecule has 2 aliphatic rings. The highest BCUT2D eigenvalue weighted by molar-refractivity contribution is 4.93. The summed E-state index contributed by atoms with van der Waals surface area (Å²) in [7, 11) is 0. The normalized spacial score (nSPS) is 36.1. The van der Waals surface area contributed by atoms with Crippen molar-refractivity contribution in [3.63, 3.8) is 0 Å². The van der Waals surface area contributed by atoms with Gasteiger partial charge in [-0.05, 0) is 44.6 Å². The maximum Gasteiger partial charge on any atom is 0.0669 e. The fraction of sp³-hybridized carbons (Fsp3) is 0.929. The van der Waals surface area contributed by atoms with E-state index in [0.29, 0.717) is 5.92 Å². The molecule has 90 valence electrons. The Morgan fingerprint density at radius 1 is 1.19 bits per heavy atom. The molecule has 0 aromatic rings. The Hall–Kier alpha value is -0.550. The fourth-order valence-electron chi connectivity index (χ4n) is 3.43. The maximum absolute atomic E-state index is 8.92. The van der Waals surface area contributed by atoms with Crippen molar-refractivity contribution in [1.82, 2.24) is 4.90 Å². The van der Waals surface area contributed by atoms with Crippen LogP contribution in [0.3, 0.4) is 0 Å². The number of likely N-dealkylation sites (tertiary alicyclic amines) is 1. The molecule has 0 aromatic carbocycles. The summed E-state index contributed by atoms with van der Waals surface area (Å²) in [4.78, 5) is 2.58. The molecule has 0 aromatic heterocycles. The van der Waals surface area contributed by atoms with Crippen molar-refractivity contribution < 1.29 is 0 Å². The van der Waals surface area contributed by atoms with E-state index in [4.69, 9.17) is 5.26 Å². The van der Waals surface area contributed by atoms with Crippen LogP contribution in [0, 0.1) is 23.2 Å². The van der Waals surface area contributed by atoms with Crippen LogP contribution < -0.4 is 0 Å². The van der Waals surface area contributed by atoms with Gasteiger partial charge in [-0.2, -0.15) is 5.26 Å². The molecule has 0 N–H and O–H groups in total. The molecule has 1 aliphatic carbocycles. The van der Waals surface area contributed by atoms with Gasteiger partial charge >= 0.3 is 0 Å². The van der Waals surface area contributed by atoms with Gasteiger partial charge in [0.25, 0.3) is 0 Å². The van der Waals surface area contributed by atoms with Crippen LogP contribution in [-0.4, -0.2) is 24.0 Å². The molecule has 0 spiro atoms. The Bertz CT molecular complexity index is 248. The second kappa shape index (κ2) is 5.68.